The number of fused-ring (bicyclic) bond motifs is 1. The van der Waals surface area contributed by atoms with Gasteiger partial charge in [-0.05, 0) is 35.0 Å². The summed E-state index contributed by atoms with van der Waals surface area (Å²) >= 11 is 0. The van der Waals surface area contributed by atoms with Crippen molar-refractivity contribution in [3.63, 3.8) is 0 Å². The first-order chi connectivity index (χ1) is 10.5. The summed E-state index contributed by atoms with van der Waals surface area (Å²) in [5.74, 6) is 0. The van der Waals surface area contributed by atoms with Crippen LogP contribution in [0.15, 0.2) is 76.6 Å². The van der Waals surface area contributed by atoms with Gasteiger partial charge in [0.25, 0.3) is 0 Å². The molecule has 22 heavy (non-hydrogen) atoms. The van der Waals surface area contributed by atoms with Crippen LogP contribution in [-0.4, -0.2) is 14.6 Å². The van der Waals surface area contributed by atoms with Crippen molar-refractivity contribution in [2.75, 3.05) is 0 Å². The summed E-state index contributed by atoms with van der Waals surface area (Å²) in [5, 5.41) is 7.34. The number of hydrogen-bond acceptors (Lipinski definition) is 3. The summed E-state index contributed by atoms with van der Waals surface area (Å²) in [6.07, 6.45) is 1.77. The van der Waals surface area contributed by atoms with Crippen LogP contribution < -0.4 is 5.14 Å². The highest BCUT2D eigenvalue weighted by molar-refractivity contribution is 7.89. The Hall–Kier alpha value is -2.50. The van der Waals surface area contributed by atoms with Crippen molar-refractivity contribution in [1.82, 2.24) is 0 Å². The lowest BCUT2D eigenvalue weighted by Gasteiger charge is -2.02. The Kier molecular flexibility index (Phi) is 3.75. The third-order valence-electron chi connectivity index (χ3n) is 3.34. The van der Waals surface area contributed by atoms with Crippen molar-refractivity contribution < 1.29 is 8.42 Å². The molecule has 0 aliphatic heterocycles. The van der Waals surface area contributed by atoms with Gasteiger partial charge in [-0.3, -0.25) is 4.99 Å². The number of primary sulfonamides is 1. The van der Waals surface area contributed by atoms with Crippen LogP contribution in [0.2, 0.25) is 0 Å². The van der Waals surface area contributed by atoms with Gasteiger partial charge in [-0.2, -0.15) is 0 Å². The molecule has 0 unspecified atom stereocenters. The fourth-order valence-electron chi connectivity index (χ4n) is 2.23. The topological polar surface area (TPSA) is 72.5 Å². The van der Waals surface area contributed by atoms with Gasteiger partial charge in [-0.1, -0.05) is 42.5 Å². The van der Waals surface area contributed by atoms with E-state index in [1.807, 2.05) is 42.5 Å². The Morgan fingerprint density at radius 3 is 2.27 bits per heavy atom. The minimum atomic E-state index is -3.67. The van der Waals surface area contributed by atoms with Gasteiger partial charge in [0, 0.05) is 11.8 Å². The van der Waals surface area contributed by atoms with Gasteiger partial charge in [-0.25, -0.2) is 13.6 Å². The molecule has 0 aliphatic rings. The Morgan fingerprint density at radius 2 is 1.55 bits per heavy atom. The van der Waals surface area contributed by atoms with E-state index in [1.165, 1.54) is 12.1 Å². The lowest BCUT2D eigenvalue weighted by atomic mass is 10.1. The van der Waals surface area contributed by atoms with E-state index in [4.69, 9.17) is 5.14 Å². The minimum Gasteiger partial charge on any atom is -0.256 e. The lowest BCUT2D eigenvalue weighted by Crippen LogP contribution is -2.11. The average Bonchev–Trinajstić information content (AvgIpc) is 2.52. The van der Waals surface area contributed by atoms with Crippen LogP contribution in [-0.2, 0) is 10.0 Å². The van der Waals surface area contributed by atoms with E-state index < -0.39 is 10.0 Å². The van der Waals surface area contributed by atoms with Crippen LogP contribution >= 0.6 is 0 Å². The van der Waals surface area contributed by atoms with E-state index in [9.17, 15) is 8.42 Å². The highest BCUT2D eigenvalue weighted by Crippen LogP contribution is 2.19. The van der Waals surface area contributed by atoms with Gasteiger partial charge in [0.1, 0.15) is 0 Å². The molecule has 0 fully saturated rings. The van der Waals surface area contributed by atoms with Gasteiger partial charge in [0.2, 0.25) is 10.0 Å². The summed E-state index contributed by atoms with van der Waals surface area (Å²) in [4.78, 5) is 4.47. The number of sulfonamides is 1. The first-order valence-corrected chi connectivity index (χ1v) is 8.23. The maximum atomic E-state index is 11.2. The number of aliphatic imine (C=N–C) groups is 1. The second-order valence-corrected chi connectivity index (χ2v) is 6.43. The van der Waals surface area contributed by atoms with Crippen LogP contribution in [0.25, 0.3) is 10.8 Å². The standard InChI is InChI=1S/C17H14N2O2S/c18-22(20,21)16-10-8-15(9-11-16)19-12-14-6-3-5-13-4-1-2-7-17(13)14/h1-12H,(H2,18,20,21). The molecule has 0 heterocycles. The Morgan fingerprint density at radius 1 is 0.864 bits per heavy atom. The summed E-state index contributed by atoms with van der Waals surface area (Å²) in [5.41, 5.74) is 1.67. The molecule has 3 aromatic carbocycles. The molecule has 110 valence electrons. The zero-order valence-electron chi connectivity index (χ0n) is 11.7. The third-order valence-corrected chi connectivity index (χ3v) is 4.27. The Labute approximate surface area is 129 Å². The molecule has 0 saturated heterocycles. The van der Waals surface area contributed by atoms with Gasteiger partial charge in [0.05, 0.1) is 10.6 Å². The van der Waals surface area contributed by atoms with Crippen molar-refractivity contribution in [1.29, 1.82) is 0 Å². The molecule has 0 bridgehead atoms. The molecule has 3 aromatic rings. The molecule has 0 atom stereocenters. The van der Waals surface area contributed by atoms with Crippen LogP contribution in [0.4, 0.5) is 5.69 Å². The molecule has 0 amide bonds. The van der Waals surface area contributed by atoms with Crippen molar-refractivity contribution in [3.05, 3.63) is 72.3 Å². The fourth-order valence-corrected chi connectivity index (χ4v) is 2.74. The smallest absolute Gasteiger partial charge is 0.238 e. The van der Waals surface area contributed by atoms with Crippen LogP contribution in [0.1, 0.15) is 5.56 Å². The van der Waals surface area contributed by atoms with E-state index >= 15 is 0 Å². The molecule has 0 spiro atoms. The predicted molar refractivity (Wildman–Crippen MR) is 89.0 cm³/mol. The first kappa shape index (κ1) is 14.4. The van der Waals surface area contributed by atoms with Crippen molar-refractivity contribution >= 4 is 32.7 Å². The van der Waals surface area contributed by atoms with E-state index in [1.54, 1.807) is 18.3 Å². The van der Waals surface area contributed by atoms with Crippen LogP contribution in [0.5, 0.6) is 0 Å². The van der Waals surface area contributed by atoms with Gasteiger partial charge < -0.3 is 0 Å². The Bertz CT molecular complexity index is 941. The number of rotatable bonds is 3. The zero-order valence-corrected chi connectivity index (χ0v) is 12.5. The van der Waals surface area contributed by atoms with Crippen LogP contribution in [0.3, 0.4) is 0 Å². The summed E-state index contributed by atoms with van der Waals surface area (Å²) in [6.45, 7) is 0. The maximum absolute atomic E-state index is 11.2. The molecule has 2 N–H and O–H groups in total. The van der Waals surface area contributed by atoms with Gasteiger partial charge >= 0.3 is 0 Å². The van der Waals surface area contributed by atoms with Crippen LogP contribution in [0, 0.1) is 0 Å². The summed E-state index contributed by atoms with van der Waals surface area (Å²) < 4.78 is 22.4. The largest absolute Gasteiger partial charge is 0.256 e. The molecule has 0 radical (unpaired) electrons. The lowest BCUT2D eigenvalue weighted by molar-refractivity contribution is 0.598. The normalized spacial score (nSPS) is 12.0. The summed E-state index contributed by atoms with van der Waals surface area (Å²) in [6, 6.07) is 20.2. The second kappa shape index (κ2) is 5.71. The fraction of sp³-hybridized carbons (Fsp3) is 0. The molecular formula is C17H14N2O2S. The quantitative estimate of drug-likeness (QED) is 0.754. The van der Waals surface area contributed by atoms with E-state index in [0.717, 1.165) is 16.3 Å². The highest BCUT2D eigenvalue weighted by atomic mass is 32.2. The second-order valence-electron chi connectivity index (χ2n) is 4.87. The molecule has 0 aliphatic carbocycles. The first-order valence-electron chi connectivity index (χ1n) is 6.69. The average molecular weight is 310 g/mol. The molecule has 5 heteroatoms. The SMILES string of the molecule is NS(=O)(=O)c1ccc(N=Cc2cccc3ccccc23)cc1. The number of nitrogens with zero attached hydrogens (tertiary/aromatic N) is 1. The number of hydrogen-bond donors (Lipinski definition) is 1. The highest BCUT2D eigenvalue weighted by Gasteiger charge is 2.06. The maximum Gasteiger partial charge on any atom is 0.238 e. The third kappa shape index (κ3) is 3.05. The zero-order chi connectivity index (χ0) is 15.6. The van der Waals surface area contributed by atoms with Crippen molar-refractivity contribution in [2.24, 2.45) is 10.1 Å². The number of benzene rings is 3. The molecule has 0 saturated carbocycles. The van der Waals surface area contributed by atoms with E-state index in [-0.39, 0.29) is 4.90 Å². The van der Waals surface area contributed by atoms with E-state index in [2.05, 4.69) is 4.99 Å². The monoisotopic (exact) mass is 310 g/mol. The van der Waals surface area contributed by atoms with Crippen molar-refractivity contribution in [2.45, 2.75) is 4.90 Å². The molecular weight excluding hydrogens is 296 g/mol. The van der Waals surface area contributed by atoms with Gasteiger partial charge in [-0.15, -0.1) is 0 Å². The molecule has 3 rings (SSSR count). The Balaban J connectivity index is 1.93. The minimum absolute atomic E-state index is 0.0802. The number of nitrogens with two attached hydrogens (primary N) is 1. The summed E-state index contributed by atoms with van der Waals surface area (Å²) in [7, 11) is -3.67. The van der Waals surface area contributed by atoms with Gasteiger partial charge in [0.15, 0.2) is 0 Å². The van der Waals surface area contributed by atoms with Crippen molar-refractivity contribution in [3.8, 4) is 0 Å². The van der Waals surface area contributed by atoms with E-state index in [0.29, 0.717) is 5.69 Å². The predicted octanol–water partition coefficient (Wildman–Crippen LogP) is 3.24. The molecule has 4 nitrogen and oxygen atoms in total. The molecule has 0 aromatic heterocycles.